The maximum atomic E-state index is 13.0. The van der Waals surface area contributed by atoms with Crippen molar-refractivity contribution in [1.82, 2.24) is 9.62 Å². The topological polar surface area (TPSA) is 84.9 Å². The van der Waals surface area contributed by atoms with Crippen molar-refractivity contribution in [2.75, 3.05) is 32.9 Å². The third kappa shape index (κ3) is 5.04. The molecule has 0 aromatic heterocycles. The van der Waals surface area contributed by atoms with E-state index >= 15 is 0 Å². The molecule has 0 atom stereocenters. The van der Waals surface area contributed by atoms with Crippen LogP contribution in [0.4, 0.5) is 0 Å². The molecule has 1 aliphatic heterocycles. The molecule has 0 unspecified atom stereocenters. The van der Waals surface area contributed by atoms with Crippen LogP contribution in [0.15, 0.2) is 71.6 Å². The molecule has 8 heteroatoms. The molecular formula is C23H24N2O5S. The Morgan fingerprint density at radius 3 is 2.48 bits per heavy atom. The molecule has 1 aliphatic rings. The Balaban J connectivity index is 1.38. The number of nitrogens with zero attached hydrogens (tertiary/aromatic N) is 1. The van der Waals surface area contributed by atoms with Crippen LogP contribution in [0.3, 0.4) is 0 Å². The van der Waals surface area contributed by atoms with Gasteiger partial charge in [-0.05, 0) is 34.5 Å². The van der Waals surface area contributed by atoms with E-state index in [0.29, 0.717) is 37.6 Å². The van der Waals surface area contributed by atoms with Crippen LogP contribution >= 0.6 is 0 Å². The highest BCUT2D eigenvalue weighted by molar-refractivity contribution is 7.89. The van der Waals surface area contributed by atoms with Crippen LogP contribution in [0, 0.1) is 0 Å². The monoisotopic (exact) mass is 440 g/mol. The van der Waals surface area contributed by atoms with Gasteiger partial charge in [0.25, 0.3) is 5.91 Å². The molecule has 0 saturated carbocycles. The summed E-state index contributed by atoms with van der Waals surface area (Å²) in [6.07, 6.45) is 0. The Hall–Kier alpha value is -2.94. The molecule has 3 aromatic carbocycles. The minimum absolute atomic E-state index is 0.0969. The maximum Gasteiger partial charge on any atom is 0.258 e. The zero-order chi connectivity index (χ0) is 21.7. The van der Waals surface area contributed by atoms with Crippen LogP contribution in [-0.4, -0.2) is 51.5 Å². The average Bonchev–Trinajstić information content (AvgIpc) is 2.82. The number of nitrogens with one attached hydrogen (secondary N) is 1. The van der Waals surface area contributed by atoms with Gasteiger partial charge in [-0.15, -0.1) is 0 Å². The van der Waals surface area contributed by atoms with E-state index in [-0.39, 0.29) is 24.0 Å². The zero-order valence-corrected chi connectivity index (χ0v) is 17.8. The fourth-order valence-corrected chi connectivity index (χ4v) is 5.11. The average molecular weight is 441 g/mol. The van der Waals surface area contributed by atoms with E-state index in [2.05, 4.69) is 5.32 Å². The number of sulfonamides is 1. The molecule has 1 saturated heterocycles. The van der Waals surface area contributed by atoms with Crippen molar-refractivity contribution in [2.45, 2.75) is 11.4 Å². The van der Waals surface area contributed by atoms with E-state index in [1.165, 1.54) is 4.31 Å². The van der Waals surface area contributed by atoms with Gasteiger partial charge in [0.15, 0.2) is 6.61 Å². The molecule has 1 N–H and O–H groups in total. The van der Waals surface area contributed by atoms with Crippen LogP contribution in [0.1, 0.15) is 5.56 Å². The van der Waals surface area contributed by atoms with Gasteiger partial charge in [0.2, 0.25) is 10.0 Å². The normalized spacial score (nSPS) is 15.0. The van der Waals surface area contributed by atoms with Crippen molar-refractivity contribution < 1.29 is 22.7 Å². The summed E-state index contributed by atoms with van der Waals surface area (Å²) in [6.45, 7) is 1.34. The number of fused-ring (bicyclic) bond motifs is 1. The van der Waals surface area contributed by atoms with Gasteiger partial charge in [-0.1, -0.05) is 48.5 Å². The summed E-state index contributed by atoms with van der Waals surface area (Å²) in [7, 11) is -3.65. The van der Waals surface area contributed by atoms with Crippen molar-refractivity contribution in [3.63, 3.8) is 0 Å². The molecule has 0 aliphatic carbocycles. The first-order valence-electron chi connectivity index (χ1n) is 10.1. The SMILES string of the molecule is O=C(COc1ccc2ccccc2c1)NCc1ccccc1S(=O)(=O)N1CCOCC1. The molecule has 0 bridgehead atoms. The highest BCUT2D eigenvalue weighted by Gasteiger charge is 2.28. The van der Waals surface area contributed by atoms with Crippen LogP contribution in [-0.2, 0) is 26.1 Å². The van der Waals surface area contributed by atoms with E-state index in [0.717, 1.165) is 10.8 Å². The Bertz CT molecular complexity index is 1170. The lowest BCUT2D eigenvalue weighted by molar-refractivity contribution is -0.123. The number of benzene rings is 3. The van der Waals surface area contributed by atoms with Crippen molar-refractivity contribution >= 4 is 26.7 Å². The van der Waals surface area contributed by atoms with E-state index < -0.39 is 10.0 Å². The fraction of sp³-hybridized carbons (Fsp3) is 0.261. The van der Waals surface area contributed by atoms with Gasteiger partial charge >= 0.3 is 0 Å². The highest BCUT2D eigenvalue weighted by atomic mass is 32.2. The van der Waals surface area contributed by atoms with Crippen molar-refractivity contribution in [1.29, 1.82) is 0 Å². The molecular weight excluding hydrogens is 416 g/mol. The second-order valence-electron chi connectivity index (χ2n) is 7.20. The van der Waals surface area contributed by atoms with Gasteiger partial charge in [-0.3, -0.25) is 4.79 Å². The first-order chi connectivity index (χ1) is 15.0. The smallest absolute Gasteiger partial charge is 0.258 e. The van der Waals surface area contributed by atoms with E-state index in [4.69, 9.17) is 9.47 Å². The summed E-state index contributed by atoms with van der Waals surface area (Å²) < 4.78 is 38.3. The molecule has 162 valence electrons. The molecule has 1 heterocycles. The number of rotatable bonds is 7. The Kier molecular flexibility index (Phi) is 6.50. The van der Waals surface area contributed by atoms with E-state index in [9.17, 15) is 13.2 Å². The number of ether oxygens (including phenoxy) is 2. The minimum atomic E-state index is -3.65. The molecule has 7 nitrogen and oxygen atoms in total. The maximum absolute atomic E-state index is 13.0. The molecule has 31 heavy (non-hydrogen) atoms. The molecule has 0 spiro atoms. The summed E-state index contributed by atoms with van der Waals surface area (Å²) in [5.41, 5.74) is 0.535. The number of hydrogen-bond donors (Lipinski definition) is 1. The minimum Gasteiger partial charge on any atom is -0.484 e. The number of carbonyl (C=O) groups is 1. The molecule has 0 radical (unpaired) electrons. The van der Waals surface area contributed by atoms with Crippen LogP contribution < -0.4 is 10.1 Å². The second kappa shape index (κ2) is 9.47. The largest absolute Gasteiger partial charge is 0.484 e. The highest BCUT2D eigenvalue weighted by Crippen LogP contribution is 2.22. The number of carbonyl (C=O) groups excluding carboxylic acids is 1. The summed E-state index contributed by atoms with van der Waals surface area (Å²) in [6, 6.07) is 20.3. The van der Waals surface area contributed by atoms with Crippen LogP contribution in [0.25, 0.3) is 10.8 Å². The summed E-state index contributed by atoms with van der Waals surface area (Å²) in [5.74, 6) is 0.274. The van der Waals surface area contributed by atoms with E-state index in [1.807, 2.05) is 42.5 Å². The van der Waals surface area contributed by atoms with Crippen molar-refractivity contribution in [2.24, 2.45) is 0 Å². The quantitative estimate of drug-likeness (QED) is 0.610. The first kappa shape index (κ1) is 21.3. The second-order valence-corrected chi connectivity index (χ2v) is 9.10. The van der Waals surface area contributed by atoms with Gasteiger partial charge in [0.1, 0.15) is 5.75 Å². The lowest BCUT2D eigenvalue weighted by Gasteiger charge is -2.27. The third-order valence-electron chi connectivity index (χ3n) is 5.13. The standard InChI is InChI=1S/C23H24N2O5S/c26-23(17-30-21-10-9-18-5-1-2-6-19(18)15-21)24-16-20-7-3-4-8-22(20)31(27,28)25-11-13-29-14-12-25/h1-10,15H,11-14,16-17H2,(H,24,26). The number of hydrogen-bond acceptors (Lipinski definition) is 5. The van der Waals surface area contributed by atoms with Gasteiger partial charge in [0, 0.05) is 19.6 Å². The molecule has 4 rings (SSSR count). The summed E-state index contributed by atoms with van der Waals surface area (Å²) in [5, 5.41) is 4.88. The number of amides is 1. The Labute approximate surface area is 181 Å². The predicted molar refractivity (Wildman–Crippen MR) is 117 cm³/mol. The molecule has 3 aromatic rings. The van der Waals surface area contributed by atoms with Gasteiger partial charge < -0.3 is 14.8 Å². The summed E-state index contributed by atoms with van der Waals surface area (Å²) in [4.78, 5) is 12.5. The van der Waals surface area contributed by atoms with Crippen molar-refractivity contribution in [3.05, 3.63) is 72.3 Å². The third-order valence-corrected chi connectivity index (χ3v) is 7.13. The van der Waals surface area contributed by atoms with Crippen LogP contribution in [0.5, 0.6) is 5.75 Å². The lowest BCUT2D eigenvalue weighted by atomic mass is 10.1. The molecule has 1 amide bonds. The lowest BCUT2D eigenvalue weighted by Crippen LogP contribution is -2.41. The van der Waals surface area contributed by atoms with Gasteiger partial charge in [-0.2, -0.15) is 4.31 Å². The number of morpholine rings is 1. The van der Waals surface area contributed by atoms with E-state index in [1.54, 1.807) is 24.3 Å². The van der Waals surface area contributed by atoms with Gasteiger partial charge in [0.05, 0.1) is 18.1 Å². The first-order valence-corrected chi connectivity index (χ1v) is 11.5. The van der Waals surface area contributed by atoms with Gasteiger partial charge in [-0.25, -0.2) is 8.42 Å². The van der Waals surface area contributed by atoms with Crippen LogP contribution in [0.2, 0.25) is 0 Å². The summed E-state index contributed by atoms with van der Waals surface area (Å²) >= 11 is 0. The Morgan fingerprint density at radius 2 is 1.68 bits per heavy atom. The Morgan fingerprint density at radius 1 is 0.968 bits per heavy atom. The predicted octanol–water partition coefficient (Wildman–Crippen LogP) is 2.56. The zero-order valence-electron chi connectivity index (χ0n) is 17.0. The van der Waals surface area contributed by atoms with Crippen molar-refractivity contribution in [3.8, 4) is 5.75 Å². The molecule has 1 fully saturated rings. The fourth-order valence-electron chi connectivity index (χ4n) is 3.48.